The van der Waals surface area contributed by atoms with Gasteiger partial charge in [0.1, 0.15) is 0 Å². The Labute approximate surface area is 188 Å². The van der Waals surface area contributed by atoms with Crippen molar-refractivity contribution in [3.63, 3.8) is 0 Å². The van der Waals surface area contributed by atoms with Crippen LogP contribution < -0.4 is 14.4 Å². The van der Waals surface area contributed by atoms with Gasteiger partial charge < -0.3 is 14.6 Å². The van der Waals surface area contributed by atoms with E-state index in [2.05, 4.69) is 0 Å². The number of ether oxygens (including phenoxy) is 2. The van der Waals surface area contributed by atoms with Crippen LogP contribution in [0.2, 0.25) is 0 Å². The number of carboxylic acids is 1. The summed E-state index contributed by atoms with van der Waals surface area (Å²) in [6.45, 7) is 1.50. The van der Waals surface area contributed by atoms with Gasteiger partial charge in [-0.1, -0.05) is 30.0 Å². The number of benzene rings is 2. The number of carboxylic acid groups (broad SMARTS) is 1. The lowest BCUT2D eigenvalue weighted by atomic mass is 10.1. The highest BCUT2D eigenvalue weighted by Gasteiger charge is 2.33. The lowest BCUT2D eigenvalue weighted by molar-refractivity contribution is -0.137. The summed E-state index contributed by atoms with van der Waals surface area (Å²) in [6.07, 6.45) is 1.58. The van der Waals surface area contributed by atoms with Crippen LogP contribution in [-0.4, -0.2) is 40.8 Å². The molecule has 1 heterocycles. The number of nitrogens with zero attached hydrogens (tertiary/aromatic N) is 1. The first-order valence-electron chi connectivity index (χ1n) is 9.21. The van der Waals surface area contributed by atoms with Gasteiger partial charge in [0.2, 0.25) is 0 Å². The predicted molar refractivity (Wildman–Crippen MR) is 123 cm³/mol. The van der Waals surface area contributed by atoms with Crippen LogP contribution in [0.5, 0.6) is 11.5 Å². The Kier molecular flexibility index (Phi) is 7.09. The fraction of sp³-hybridized carbons (Fsp3) is 0.182. The highest BCUT2D eigenvalue weighted by molar-refractivity contribution is 8.27. The van der Waals surface area contributed by atoms with Crippen molar-refractivity contribution < 1.29 is 29.0 Å². The summed E-state index contributed by atoms with van der Waals surface area (Å²) in [5, 5.41) is 8.73. The van der Waals surface area contributed by atoms with Gasteiger partial charge in [-0.15, -0.1) is 0 Å². The number of amides is 1. The number of Topliss-reactive ketones (excluding diaryl/α,β-unsaturated/α-hetero) is 1. The summed E-state index contributed by atoms with van der Waals surface area (Å²) in [5.74, 6) is -0.422. The quantitative estimate of drug-likeness (QED) is 0.359. The lowest BCUT2D eigenvalue weighted by Crippen LogP contribution is -2.27. The number of hydrogen-bond acceptors (Lipinski definition) is 7. The highest BCUT2D eigenvalue weighted by atomic mass is 32.2. The molecule has 0 aromatic heterocycles. The second kappa shape index (κ2) is 9.76. The van der Waals surface area contributed by atoms with Gasteiger partial charge in [0.25, 0.3) is 5.91 Å². The minimum atomic E-state index is -0.950. The Hall–Kier alpha value is -3.17. The van der Waals surface area contributed by atoms with Crippen molar-refractivity contribution in [2.24, 2.45) is 0 Å². The van der Waals surface area contributed by atoms with Crippen LogP contribution in [0.3, 0.4) is 0 Å². The number of methoxy groups -OCH3 is 1. The monoisotopic (exact) mass is 457 g/mol. The van der Waals surface area contributed by atoms with E-state index in [4.69, 9.17) is 26.8 Å². The molecule has 1 fully saturated rings. The molecule has 2 aromatic rings. The molecule has 9 heteroatoms. The first-order chi connectivity index (χ1) is 14.8. The molecule has 0 atom stereocenters. The van der Waals surface area contributed by atoms with Gasteiger partial charge in [0, 0.05) is 5.56 Å². The van der Waals surface area contributed by atoms with Gasteiger partial charge in [-0.25, -0.2) is 0 Å². The zero-order valence-electron chi connectivity index (χ0n) is 16.8. The molecule has 31 heavy (non-hydrogen) atoms. The topological polar surface area (TPSA) is 93.1 Å². The molecule has 2 aromatic carbocycles. The predicted octanol–water partition coefficient (Wildman–Crippen LogP) is 4.16. The molecule has 1 amide bonds. The Bertz CT molecular complexity index is 1080. The number of hydrogen-bond donors (Lipinski definition) is 1. The van der Waals surface area contributed by atoms with Crippen LogP contribution in [0.15, 0.2) is 47.4 Å². The number of carbonyl (C=O) groups is 3. The van der Waals surface area contributed by atoms with Crippen molar-refractivity contribution in [2.45, 2.75) is 13.3 Å². The van der Waals surface area contributed by atoms with Crippen molar-refractivity contribution in [2.75, 3.05) is 18.6 Å². The van der Waals surface area contributed by atoms with Crippen LogP contribution >= 0.6 is 24.0 Å². The first-order valence-corrected chi connectivity index (χ1v) is 10.4. The lowest BCUT2D eigenvalue weighted by Gasteiger charge is -2.14. The van der Waals surface area contributed by atoms with E-state index in [0.717, 1.165) is 0 Å². The summed E-state index contributed by atoms with van der Waals surface area (Å²) < 4.78 is 11.2. The van der Waals surface area contributed by atoms with E-state index >= 15 is 0 Å². The fourth-order valence-corrected chi connectivity index (χ4v) is 4.13. The minimum Gasteiger partial charge on any atom is -0.493 e. The van der Waals surface area contributed by atoms with Crippen molar-refractivity contribution in [1.29, 1.82) is 0 Å². The Morgan fingerprint density at radius 1 is 1.16 bits per heavy atom. The maximum absolute atomic E-state index is 12.9. The van der Waals surface area contributed by atoms with Gasteiger partial charge in [-0.05, 0) is 55.0 Å². The molecule has 1 saturated heterocycles. The largest absolute Gasteiger partial charge is 0.493 e. The molecule has 3 rings (SSSR count). The molecule has 0 unspecified atom stereocenters. The van der Waals surface area contributed by atoms with Gasteiger partial charge in [0.05, 0.1) is 30.7 Å². The zero-order valence-corrected chi connectivity index (χ0v) is 18.4. The smallest absolute Gasteiger partial charge is 0.306 e. The number of aliphatic carboxylic acids is 1. The van der Waals surface area contributed by atoms with E-state index in [9.17, 15) is 14.4 Å². The molecule has 1 N–H and O–H groups in total. The molecule has 7 nitrogen and oxygen atoms in total. The molecule has 0 saturated carbocycles. The van der Waals surface area contributed by atoms with Gasteiger partial charge >= 0.3 is 5.97 Å². The molecular formula is C22H19NO6S2. The van der Waals surface area contributed by atoms with E-state index in [1.54, 1.807) is 48.5 Å². The third-order valence-electron chi connectivity index (χ3n) is 4.38. The number of ketones is 1. The summed E-state index contributed by atoms with van der Waals surface area (Å²) in [6, 6.07) is 11.8. The summed E-state index contributed by atoms with van der Waals surface area (Å²) in [5.41, 5.74) is 1.85. The van der Waals surface area contributed by atoms with E-state index in [1.807, 2.05) is 0 Å². The van der Waals surface area contributed by atoms with E-state index in [-0.39, 0.29) is 24.7 Å². The van der Waals surface area contributed by atoms with E-state index in [1.165, 1.54) is 30.7 Å². The zero-order chi connectivity index (χ0) is 22.5. The van der Waals surface area contributed by atoms with Crippen molar-refractivity contribution in [3.8, 4) is 11.5 Å². The summed E-state index contributed by atoms with van der Waals surface area (Å²) in [4.78, 5) is 36.9. The Morgan fingerprint density at radius 2 is 1.87 bits per heavy atom. The molecule has 0 spiro atoms. The molecule has 0 radical (unpaired) electrons. The SMILES string of the molecule is COc1cc(/C=C2/SC(=S)N(c3ccc(C(C)=O)cc3)C2=O)ccc1OCCC(=O)O. The minimum absolute atomic E-state index is 0.0200. The molecular weight excluding hydrogens is 438 g/mol. The molecule has 1 aliphatic heterocycles. The molecule has 0 aliphatic carbocycles. The Morgan fingerprint density at radius 3 is 2.48 bits per heavy atom. The summed E-state index contributed by atoms with van der Waals surface area (Å²) >= 11 is 6.56. The van der Waals surface area contributed by atoms with Gasteiger partial charge in [0.15, 0.2) is 21.6 Å². The maximum Gasteiger partial charge on any atom is 0.306 e. The van der Waals surface area contributed by atoms with Gasteiger partial charge in [-0.3, -0.25) is 19.3 Å². The molecule has 160 valence electrons. The fourth-order valence-electron chi connectivity index (χ4n) is 2.83. The summed E-state index contributed by atoms with van der Waals surface area (Å²) in [7, 11) is 1.48. The second-order valence-corrected chi connectivity index (χ2v) is 8.20. The van der Waals surface area contributed by atoms with Crippen LogP contribution in [-0.2, 0) is 9.59 Å². The van der Waals surface area contributed by atoms with Crippen molar-refractivity contribution >= 4 is 57.7 Å². The number of thiocarbonyl (C=S) groups is 1. The third kappa shape index (κ3) is 5.31. The second-order valence-electron chi connectivity index (χ2n) is 6.52. The van der Waals surface area contributed by atoms with Crippen LogP contribution in [0.1, 0.15) is 29.3 Å². The normalized spacial score (nSPS) is 14.8. The van der Waals surface area contributed by atoms with Gasteiger partial charge in [-0.2, -0.15) is 0 Å². The van der Waals surface area contributed by atoms with E-state index < -0.39 is 5.97 Å². The maximum atomic E-state index is 12.9. The number of rotatable bonds is 8. The van der Waals surface area contributed by atoms with Crippen LogP contribution in [0, 0.1) is 0 Å². The van der Waals surface area contributed by atoms with Crippen LogP contribution in [0.25, 0.3) is 6.08 Å². The Balaban J connectivity index is 1.80. The number of thioether (sulfide) groups is 1. The average Bonchev–Trinajstić information content (AvgIpc) is 3.01. The molecule has 0 bridgehead atoms. The first kappa shape index (κ1) is 22.5. The molecule has 1 aliphatic rings. The number of carbonyl (C=O) groups excluding carboxylic acids is 2. The van der Waals surface area contributed by atoms with Crippen molar-refractivity contribution in [1.82, 2.24) is 0 Å². The van der Waals surface area contributed by atoms with Crippen molar-refractivity contribution in [3.05, 3.63) is 58.5 Å². The van der Waals surface area contributed by atoms with E-state index in [0.29, 0.717) is 37.5 Å². The van der Waals surface area contributed by atoms with Crippen LogP contribution in [0.4, 0.5) is 5.69 Å². The standard InChI is InChI=1S/C22H19NO6S2/c1-13(24)15-4-6-16(7-5-15)23-21(27)19(31-22(23)30)12-14-3-8-17(18(11-14)28-2)29-10-9-20(25)26/h3-8,11-12H,9-10H2,1-2H3,(H,25,26)/b19-12+. The average molecular weight is 458 g/mol. The third-order valence-corrected chi connectivity index (χ3v) is 5.69. The highest BCUT2D eigenvalue weighted by Crippen LogP contribution is 2.37. The number of anilines is 1.